The van der Waals surface area contributed by atoms with Gasteiger partial charge in [0.05, 0.1) is 6.54 Å². The third-order valence-electron chi connectivity index (χ3n) is 2.23. The van der Waals surface area contributed by atoms with Crippen LogP contribution < -0.4 is 10.2 Å². The lowest BCUT2D eigenvalue weighted by Gasteiger charge is -2.21. The predicted molar refractivity (Wildman–Crippen MR) is 69.5 cm³/mol. The molecule has 1 rings (SSSR count). The molecule has 0 aromatic heterocycles. The van der Waals surface area contributed by atoms with Crippen LogP contribution in [0.2, 0.25) is 0 Å². The third kappa shape index (κ3) is 4.69. The van der Waals surface area contributed by atoms with Crippen molar-refractivity contribution >= 4 is 17.6 Å². The number of para-hydroxylation sites is 1. The first-order chi connectivity index (χ1) is 8.63. The number of carbonyl (C=O) groups excluding carboxylic acids is 1. The molecule has 2 N–H and O–H groups in total. The Hall–Kier alpha value is -2.30. The summed E-state index contributed by atoms with van der Waals surface area (Å²) in [7, 11) is 0. The van der Waals surface area contributed by atoms with E-state index in [2.05, 4.69) is 11.9 Å². The average Bonchev–Trinajstić information content (AvgIpc) is 2.36. The molecule has 0 aliphatic rings. The largest absolute Gasteiger partial charge is 0.480 e. The van der Waals surface area contributed by atoms with Crippen LogP contribution in [-0.4, -0.2) is 36.6 Å². The number of carboxylic acids is 1. The Morgan fingerprint density at radius 3 is 2.50 bits per heavy atom. The fourth-order valence-corrected chi connectivity index (χ4v) is 1.46. The summed E-state index contributed by atoms with van der Waals surface area (Å²) in [6.07, 6.45) is 1.57. The fraction of sp³-hybridized carbons (Fsp3) is 0.231. The standard InChI is InChI=1S/C13H16N2O3/c1-2-8-14-12(16)9-15(10-13(17)18)11-6-4-3-5-7-11/h2-7H,1,8-10H2,(H,14,16)(H,17,18). The highest BCUT2D eigenvalue weighted by atomic mass is 16.4. The number of nitrogens with zero attached hydrogens (tertiary/aromatic N) is 1. The van der Waals surface area contributed by atoms with Crippen molar-refractivity contribution < 1.29 is 14.7 Å². The molecular weight excluding hydrogens is 232 g/mol. The lowest BCUT2D eigenvalue weighted by Crippen LogP contribution is -2.40. The molecule has 96 valence electrons. The van der Waals surface area contributed by atoms with Crippen LogP contribution >= 0.6 is 0 Å². The number of carbonyl (C=O) groups is 2. The highest BCUT2D eigenvalue weighted by molar-refractivity contribution is 5.84. The van der Waals surface area contributed by atoms with Crippen molar-refractivity contribution in [1.82, 2.24) is 5.32 Å². The molecule has 0 saturated carbocycles. The molecular formula is C13H16N2O3. The van der Waals surface area contributed by atoms with Gasteiger partial charge in [0.1, 0.15) is 6.54 Å². The van der Waals surface area contributed by atoms with E-state index in [1.165, 1.54) is 4.90 Å². The van der Waals surface area contributed by atoms with E-state index in [0.717, 1.165) is 0 Å². The van der Waals surface area contributed by atoms with E-state index in [1.807, 2.05) is 6.07 Å². The first-order valence-electron chi connectivity index (χ1n) is 5.53. The minimum Gasteiger partial charge on any atom is -0.480 e. The summed E-state index contributed by atoms with van der Waals surface area (Å²) in [6, 6.07) is 8.96. The minimum absolute atomic E-state index is 0.00412. The van der Waals surface area contributed by atoms with E-state index >= 15 is 0 Å². The SMILES string of the molecule is C=CCNC(=O)CN(CC(=O)O)c1ccccc1. The van der Waals surface area contributed by atoms with Gasteiger partial charge in [0.25, 0.3) is 0 Å². The van der Waals surface area contributed by atoms with Crippen molar-refractivity contribution in [3.63, 3.8) is 0 Å². The molecule has 1 aromatic carbocycles. The van der Waals surface area contributed by atoms with E-state index in [1.54, 1.807) is 30.3 Å². The van der Waals surface area contributed by atoms with Crippen molar-refractivity contribution in [3.05, 3.63) is 43.0 Å². The van der Waals surface area contributed by atoms with Gasteiger partial charge in [-0.3, -0.25) is 9.59 Å². The number of rotatable bonds is 7. The molecule has 0 bridgehead atoms. The number of amides is 1. The van der Waals surface area contributed by atoms with Crippen molar-refractivity contribution in [2.24, 2.45) is 0 Å². The maximum absolute atomic E-state index is 11.6. The van der Waals surface area contributed by atoms with Crippen LogP contribution in [0.3, 0.4) is 0 Å². The van der Waals surface area contributed by atoms with Crippen molar-refractivity contribution in [3.8, 4) is 0 Å². The Labute approximate surface area is 106 Å². The number of hydrogen-bond donors (Lipinski definition) is 2. The number of benzene rings is 1. The van der Waals surface area contributed by atoms with Crippen LogP contribution in [0.5, 0.6) is 0 Å². The van der Waals surface area contributed by atoms with E-state index < -0.39 is 5.97 Å². The summed E-state index contributed by atoms with van der Waals surface area (Å²) in [4.78, 5) is 23.9. The van der Waals surface area contributed by atoms with Crippen LogP contribution in [-0.2, 0) is 9.59 Å². The molecule has 0 unspecified atom stereocenters. The van der Waals surface area contributed by atoms with Crippen molar-refractivity contribution in [2.75, 3.05) is 24.5 Å². The van der Waals surface area contributed by atoms with Gasteiger partial charge in [0.15, 0.2) is 0 Å². The van der Waals surface area contributed by atoms with Crippen molar-refractivity contribution in [2.45, 2.75) is 0 Å². The number of nitrogens with one attached hydrogen (secondary N) is 1. The van der Waals surface area contributed by atoms with Gasteiger partial charge in [-0.25, -0.2) is 0 Å². The Balaban J connectivity index is 2.70. The van der Waals surface area contributed by atoms with E-state index in [4.69, 9.17) is 5.11 Å². The van der Waals surface area contributed by atoms with Gasteiger partial charge in [-0.05, 0) is 12.1 Å². The molecule has 0 fully saturated rings. The van der Waals surface area contributed by atoms with Gasteiger partial charge in [-0.2, -0.15) is 0 Å². The Kier molecular flexibility index (Phi) is 5.44. The Morgan fingerprint density at radius 1 is 1.28 bits per heavy atom. The van der Waals surface area contributed by atoms with Crippen LogP contribution in [0.1, 0.15) is 0 Å². The Bertz CT molecular complexity index is 418. The first-order valence-corrected chi connectivity index (χ1v) is 5.53. The van der Waals surface area contributed by atoms with Gasteiger partial charge < -0.3 is 15.3 Å². The lowest BCUT2D eigenvalue weighted by molar-refractivity contribution is -0.135. The summed E-state index contributed by atoms with van der Waals surface area (Å²) in [5, 5.41) is 11.5. The molecule has 0 atom stereocenters. The second kappa shape index (κ2) is 7.11. The molecule has 1 amide bonds. The molecule has 0 saturated heterocycles. The Morgan fingerprint density at radius 2 is 1.94 bits per heavy atom. The van der Waals surface area contributed by atoms with Gasteiger partial charge in [0, 0.05) is 12.2 Å². The van der Waals surface area contributed by atoms with E-state index in [9.17, 15) is 9.59 Å². The van der Waals surface area contributed by atoms with Crippen LogP contribution in [0.25, 0.3) is 0 Å². The van der Waals surface area contributed by atoms with Crippen LogP contribution in [0.4, 0.5) is 5.69 Å². The molecule has 5 nitrogen and oxygen atoms in total. The number of aliphatic carboxylic acids is 1. The topological polar surface area (TPSA) is 69.6 Å². The fourth-order valence-electron chi connectivity index (χ4n) is 1.46. The predicted octanol–water partition coefficient (Wildman–Crippen LogP) is 0.880. The lowest BCUT2D eigenvalue weighted by atomic mass is 10.3. The zero-order valence-electron chi connectivity index (χ0n) is 10.0. The van der Waals surface area contributed by atoms with Gasteiger partial charge in [-0.1, -0.05) is 24.3 Å². The zero-order chi connectivity index (χ0) is 13.4. The minimum atomic E-state index is -0.977. The molecule has 0 aliphatic heterocycles. The molecule has 0 heterocycles. The maximum Gasteiger partial charge on any atom is 0.323 e. The van der Waals surface area contributed by atoms with E-state index in [-0.39, 0.29) is 19.0 Å². The number of carboxylic acid groups (broad SMARTS) is 1. The normalized spacial score (nSPS) is 9.56. The van der Waals surface area contributed by atoms with Crippen LogP contribution in [0, 0.1) is 0 Å². The van der Waals surface area contributed by atoms with Gasteiger partial charge >= 0.3 is 5.97 Å². The molecule has 1 aromatic rings. The zero-order valence-corrected chi connectivity index (χ0v) is 10.0. The third-order valence-corrected chi connectivity index (χ3v) is 2.23. The van der Waals surface area contributed by atoms with Gasteiger partial charge in [-0.15, -0.1) is 6.58 Å². The van der Waals surface area contributed by atoms with Crippen molar-refractivity contribution in [1.29, 1.82) is 0 Å². The molecule has 18 heavy (non-hydrogen) atoms. The van der Waals surface area contributed by atoms with Gasteiger partial charge in [0.2, 0.25) is 5.91 Å². The second-order valence-electron chi connectivity index (χ2n) is 3.68. The smallest absolute Gasteiger partial charge is 0.323 e. The van der Waals surface area contributed by atoms with Crippen LogP contribution in [0.15, 0.2) is 43.0 Å². The second-order valence-corrected chi connectivity index (χ2v) is 3.68. The summed E-state index contributed by atoms with van der Waals surface area (Å²) in [5.41, 5.74) is 0.702. The average molecular weight is 248 g/mol. The molecule has 0 aliphatic carbocycles. The maximum atomic E-state index is 11.6. The first kappa shape index (κ1) is 13.8. The summed E-state index contributed by atoms with van der Waals surface area (Å²) in [6.45, 7) is 3.65. The highest BCUT2D eigenvalue weighted by Gasteiger charge is 2.13. The van der Waals surface area contributed by atoms with E-state index in [0.29, 0.717) is 12.2 Å². The number of anilines is 1. The number of hydrogen-bond acceptors (Lipinski definition) is 3. The molecule has 0 spiro atoms. The monoisotopic (exact) mass is 248 g/mol. The summed E-state index contributed by atoms with van der Waals surface area (Å²) < 4.78 is 0. The molecule has 0 radical (unpaired) electrons. The quantitative estimate of drug-likeness (QED) is 0.703. The highest BCUT2D eigenvalue weighted by Crippen LogP contribution is 2.12. The summed E-state index contributed by atoms with van der Waals surface area (Å²) >= 11 is 0. The molecule has 5 heteroatoms. The summed E-state index contributed by atoms with van der Waals surface area (Å²) in [5.74, 6) is -1.21.